The van der Waals surface area contributed by atoms with Crippen molar-refractivity contribution >= 4 is 17.8 Å². The minimum Gasteiger partial charge on any atom is -0.872 e. The maximum absolute atomic E-state index is 11.1. The van der Waals surface area contributed by atoms with Gasteiger partial charge in [-0.25, -0.2) is 4.79 Å². The zero-order chi connectivity index (χ0) is 10.6. The molecule has 0 aromatic heterocycles. The van der Waals surface area contributed by atoms with Gasteiger partial charge >= 0.3 is 5.97 Å². The molecular formula is C10H7O4-. The Morgan fingerprint density at radius 2 is 1.93 bits per heavy atom. The number of carboxylic acids is 1. The number of benzene rings is 1. The van der Waals surface area contributed by atoms with E-state index in [1.54, 1.807) is 12.1 Å². The first-order chi connectivity index (χ1) is 6.61. The van der Waals surface area contributed by atoms with E-state index in [9.17, 15) is 14.7 Å². The lowest BCUT2D eigenvalue weighted by atomic mass is 10.2. The number of hydrogen-bond donors (Lipinski definition) is 1. The predicted octanol–water partition coefficient (Wildman–Crippen LogP) is 0.427. The van der Waals surface area contributed by atoms with Crippen molar-refractivity contribution in [1.82, 2.24) is 0 Å². The average molecular weight is 191 g/mol. The summed E-state index contributed by atoms with van der Waals surface area (Å²) in [4.78, 5) is 20.8. The van der Waals surface area contributed by atoms with Crippen molar-refractivity contribution in [2.75, 3.05) is 0 Å². The van der Waals surface area contributed by atoms with Crippen LogP contribution in [0, 0.1) is 0 Å². The molecule has 0 radical (unpaired) electrons. The second kappa shape index (κ2) is 4.23. The maximum atomic E-state index is 11.1. The van der Waals surface area contributed by atoms with Gasteiger partial charge in [-0.2, -0.15) is 0 Å². The molecule has 0 aliphatic rings. The van der Waals surface area contributed by atoms with Crippen LogP contribution < -0.4 is 5.11 Å². The maximum Gasteiger partial charge on any atom is 0.376 e. The second-order valence-electron chi connectivity index (χ2n) is 2.54. The van der Waals surface area contributed by atoms with Gasteiger partial charge in [-0.15, -0.1) is 5.75 Å². The highest BCUT2D eigenvalue weighted by Gasteiger charge is 2.05. The van der Waals surface area contributed by atoms with Gasteiger partial charge in [0.05, 0.1) is 0 Å². The molecule has 0 saturated carbocycles. The molecule has 0 bridgehead atoms. The normalized spacial score (nSPS) is 10.3. The fraction of sp³-hybridized carbons (Fsp3) is 0. The number of para-hydroxylation sites is 1. The third kappa shape index (κ3) is 2.45. The predicted molar refractivity (Wildman–Crippen MR) is 47.6 cm³/mol. The molecule has 1 N–H and O–H groups in total. The van der Waals surface area contributed by atoms with Gasteiger partial charge in [-0.3, -0.25) is 4.79 Å². The highest BCUT2D eigenvalue weighted by atomic mass is 16.4. The van der Waals surface area contributed by atoms with Crippen molar-refractivity contribution in [2.24, 2.45) is 0 Å². The molecule has 1 aromatic carbocycles. The Hall–Kier alpha value is -2.10. The van der Waals surface area contributed by atoms with Crippen LogP contribution in [-0.4, -0.2) is 16.9 Å². The summed E-state index contributed by atoms with van der Waals surface area (Å²) >= 11 is 0. The number of ketones is 1. The van der Waals surface area contributed by atoms with E-state index in [1.807, 2.05) is 0 Å². The fourth-order valence-electron chi connectivity index (χ4n) is 0.855. The Balaban J connectivity index is 2.84. The van der Waals surface area contributed by atoms with Crippen molar-refractivity contribution < 1.29 is 19.8 Å². The van der Waals surface area contributed by atoms with E-state index in [2.05, 4.69) is 0 Å². The molecule has 0 aliphatic heterocycles. The van der Waals surface area contributed by atoms with E-state index in [0.717, 1.165) is 6.08 Å². The number of carbonyl (C=O) groups excluding carboxylic acids is 1. The van der Waals surface area contributed by atoms with Crippen molar-refractivity contribution in [1.29, 1.82) is 0 Å². The lowest BCUT2D eigenvalue weighted by Gasteiger charge is -2.07. The molecule has 0 spiro atoms. The van der Waals surface area contributed by atoms with Gasteiger partial charge in [0.25, 0.3) is 5.78 Å². The number of hydrogen-bond acceptors (Lipinski definition) is 3. The van der Waals surface area contributed by atoms with Crippen LogP contribution in [0.15, 0.2) is 30.3 Å². The topological polar surface area (TPSA) is 77.4 Å². The second-order valence-corrected chi connectivity index (χ2v) is 2.54. The largest absolute Gasteiger partial charge is 0.872 e. The Labute approximate surface area is 80.1 Å². The van der Waals surface area contributed by atoms with Crippen LogP contribution in [0.5, 0.6) is 5.75 Å². The summed E-state index contributed by atoms with van der Waals surface area (Å²) in [5, 5.41) is 19.3. The summed E-state index contributed by atoms with van der Waals surface area (Å²) in [7, 11) is 0. The minimum absolute atomic E-state index is 0.248. The summed E-state index contributed by atoms with van der Waals surface area (Å²) in [6.07, 6.45) is 2.05. The summed E-state index contributed by atoms with van der Waals surface area (Å²) in [5.74, 6) is -2.83. The highest BCUT2D eigenvalue weighted by Crippen LogP contribution is 2.13. The first-order valence-electron chi connectivity index (χ1n) is 3.82. The summed E-state index contributed by atoms with van der Waals surface area (Å²) < 4.78 is 0. The zero-order valence-corrected chi connectivity index (χ0v) is 7.14. The molecule has 0 fully saturated rings. The molecule has 0 unspecified atom stereocenters. The lowest BCUT2D eigenvalue weighted by molar-refractivity contribution is -0.268. The zero-order valence-electron chi connectivity index (χ0n) is 7.14. The molecular weight excluding hydrogens is 184 g/mol. The summed E-state index contributed by atoms with van der Waals surface area (Å²) in [6.45, 7) is 0. The van der Waals surface area contributed by atoms with Crippen molar-refractivity contribution in [3.05, 3.63) is 35.9 Å². The quantitative estimate of drug-likeness (QED) is 0.555. The molecule has 0 atom stereocenters. The Morgan fingerprint density at radius 1 is 1.29 bits per heavy atom. The third-order valence-electron chi connectivity index (χ3n) is 1.54. The Kier molecular flexibility index (Phi) is 3.01. The van der Waals surface area contributed by atoms with E-state index >= 15 is 0 Å². The van der Waals surface area contributed by atoms with Gasteiger partial charge in [0, 0.05) is 0 Å². The van der Waals surface area contributed by atoms with E-state index < -0.39 is 11.8 Å². The fourth-order valence-corrected chi connectivity index (χ4v) is 0.855. The van der Waals surface area contributed by atoms with Crippen LogP contribution in [0.3, 0.4) is 0 Å². The molecule has 0 aliphatic carbocycles. The Morgan fingerprint density at radius 3 is 2.50 bits per heavy atom. The minimum atomic E-state index is -1.54. The van der Waals surface area contributed by atoms with Crippen LogP contribution in [-0.2, 0) is 9.59 Å². The highest BCUT2D eigenvalue weighted by molar-refractivity contribution is 6.38. The van der Waals surface area contributed by atoms with Gasteiger partial charge in [-0.05, 0) is 11.6 Å². The molecule has 14 heavy (non-hydrogen) atoms. The van der Waals surface area contributed by atoms with Gasteiger partial charge < -0.3 is 10.2 Å². The van der Waals surface area contributed by atoms with E-state index in [-0.39, 0.29) is 5.75 Å². The van der Waals surface area contributed by atoms with Crippen molar-refractivity contribution in [2.45, 2.75) is 0 Å². The first kappa shape index (κ1) is 9.98. The smallest absolute Gasteiger partial charge is 0.376 e. The standard InChI is InChI=1S/C10H8O4/c11-8-4-2-1-3-7(8)5-6-9(12)10(13)14/h1-6,11H,(H,13,14)/p-1. The van der Waals surface area contributed by atoms with Gasteiger partial charge in [0.15, 0.2) is 0 Å². The van der Waals surface area contributed by atoms with Crippen LogP contribution >= 0.6 is 0 Å². The van der Waals surface area contributed by atoms with Crippen molar-refractivity contribution in [3.63, 3.8) is 0 Å². The molecule has 4 heteroatoms. The van der Waals surface area contributed by atoms with Crippen LogP contribution in [0.1, 0.15) is 5.56 Å². The van der Waals surface area contributed by atoms with Crippen LogP contribution in [0.25, 0.3) is 6.08 Å². The van der Waals surface area contributed by atoms with Crippen LogP contribution in [0.4, 0.5) is 0 Å². The van der Waals surface area contributed by atoms with Gasteiger partial charge in [0.2, 0.25) is 0 Å². The van der Waals surface area contributed by atoms with E-state index in [0.29, 0.717) is 5.56 Å². The average Bonchev–Trinajstić information content (AvgIpc) is 2.16. The molecule has 1 aromatic rings. The third-order valence-corrected chi connectivity index (χ3v) is 1.54. The number of aliphatic carboxylic acids is 1. The van der Waals surface area contributed by atoms with Crippen LogP contribution in [0.2, 0.25) is 0 Å². The molecule has 0 amide bonds. The summed E-state index contributed by atoms with van der Waals surface area (Å²) in [6, 6.07) is 6.05. The number of carboxylic acid groups (broad SMARTS) is 1. The molecule has 4 nitrogen and oxygen atoms in total. The molecule has 0 saturated heterocycles. The molecule has 0 heterocycles. The monoisotopic (exact) mass is 191 g/mol. The molecule has 1 rings (SSSR count). The lowest BCUT2D eigenvalue weighted by Crippen LogP contribution is -2.08. The van der Waals surface area contributed by atoms with Crippen molar-refractivity contribution in [3.8, 4) is 5.75 Å². The van der Waals surface area contributed by atoms with Gasteiger partial charge in [0.1, 0.15) is 0 Å². The number of carbonyl (C=O) groups is 2. The van der Waals surface area contributed by atoms with Gasteiger partial charge in [-0.1, -0.05) is 30.3 Å². The SMILES string of the molecule is O=C(O)C(=O)C=Cc1ccccc1[O-]. The first-order valence-corrected chi connectivity index (χ1v) is 3.82. The summed E-state index contributed by atoms with van der Waals surface area (Å²) in [5.41, 5.74) is 0.294. The number of rotatable bonds is 3. The molecule has 72 valence electrons. The Bertz CT molecular complexity index is 393. The van der Waals surface area contributed by atoms with E-state index in [4.69, 9.17) is 5.11 Å². The van der Waals surface area contributed by atoms with E-state index in [1.165, 1.54) is 18.2 Å².